The Bertz CT molecular complexity index is 678. The van der Waals surface area contributed by atoms with Crippen LogP contribution in [0.4, 0.5) is 16.4 Å². The van der Waals surface area contributed by atoms with Gasteiger partial charge in [0.1, 0.15) is 17.2 Å². The zero-order valence-electron chi connectivity index (χ0n) is 13.9. The minimum atomic E-state index is -0.610. The van der Waals surface area contributed by atoms with Gasteiger partial charge in [-0.3, -0.25) is 15.0 Å². The van der Waals surface area contributed by atoms with Crippen LogP contribution in [0.15, 0.2) is 23.3 Å². The number of pyridine rings is 1. The van der Waals surface area contributed by atoms with Gasteiger partial charge in [-0.2, -0.15) is 0 Å². The molecule has 1 atom stereocenters. The summed E-state index contributed by atoms with van der Waals surface area (Å²) >= 11 is 0. The first kappa shape index (κ1) is 17.6. The Morgan fingerprint density at radius 1 is 1.54 bits per heavy atom. The van der Waals surface area contributed by atoms with Crippen molar-refractivity contribution >= 4 is 23.6 Å². The average Bonchev–Trinajstić information content (AvgIpc) is 2.84. The lowest BCUT2D eigenvalue weighted by Gasteiger charge is -2.20. The van der Waals surface area contributed by atoms with Gasteiger partial charge in [-0.1, -0.05) is 11.2 Å². The van der Waals surface area contributed by atoms with Crippen molar-refractivity contribution in [2.45, 2.75) is 32.8 Å². The highest BCUT2D eigenvalue weighted by atomic mass is 16.6. The molecule has 0 aliphatic carbocycles. The van der Waals surface area contributed by atoms with Gasteiger partial charge in [0.05, 0.1) is 0 Å². The Labute approximate surface area is 139 Å². The molecule has 1 fully saturated rings. The molecule has 24 heavy (non-hydrogen) atoms. The van der Waals surface area contributed by atoms with Gasteiger partial charge in [-0.25, -0.2) is 9.78 Å². The van der Waals surface area contributed by atoms with Gasteiger partial charge in [0, 0.05) is 24.4 Å². The number of hydrogen-bond donors (Lipinski definition) is 1. The quantitative estimate of drug-likeness (QED) is 0.517. The van der Waals surface area contributed by atoms with Gasteiger partial charge in [0.15, 0.2) is 0 Å². The molecule has 9 heteroatoms. The lowest BCUT2D eigenvalue weighted by molar-refractivity contribution is -0.117. The van der Waals surface area contributed by atoms with Crippen LogP contribution < -0.4 is 10.2 Å². The molecule has 128 valence electrons. The Morgan fingerprint density at radius 3 is 2.96 bits per heavy atom. The number of hydrogen-bond acceptors (Lipinski definition) is 5. The van der Waals surface area contributed by atoms with E-state index in [4.69, 9.17) is 10.3 Å². The molecular formula is C15H20N6O3. The van der Waals surface area contributed by atoms with Crippen LogP contribution in [-0.4, -0.2) is 35.7 Å². The van der Waals surface area contributed by atoms with Gasteiger partial charge >= 0.3 is 6.09 Å². The van der Waals surface area contributed by atoms with E-state index in [-0.39, 0.29) is 18.4 Å². The lowest BCUT2D eigenvalue weighted by atomic mass is 10.1. The topological polar surface area (TPSA) is 120 Å². The molecule has 1 aliphatic heterocycles. The molecular weight excluding hydrogens is 312 g/mol. The molecule has 2 rings (SSSR count). The molecule has 2 heterocycles. The van der Waals surface area contributed by atoms with Crippen molar-refractivity contribution in [3.05, 3.63) is 28.6 Å². The fraction of sp³-hybridized carbons (Fsp3) is 0.533. The number of carbonyl (C=O) groups is 2. The van der Waals surface area contributed by atoms with Crippen LogP contribution in [-0.2, 0) is 9.53 Å². The molecule has 1 aliphatic rings. The molecule has 0 spiro atoms. The summed E-state index contributed by atoms with van der Waals surface area (Å²) in [7, 11) is 0. The van der Waals surface area contributed by atoms with E-state index in [9.17, 15) is 9.59 Å². The van der Waals surface area contributed by atoms with Crippen LogP contribution in [0.1, 0.15) is 27.2 Å². The van der Waals surface area contributed by atoms with E-state index in [1.807, 2.05) is 0 Å². The van der Waals surface area contributed by atoms with Crippen molar-refractivity contribution in [1.29, 1.82) is 0 Å². The molecule has 1 aromatic heterocycles. The highest BCUT2D eigenvalue weighted by Gasteiger charge is 2.31. The fourth-order valence-electron chi connectivity index (χ4n) is 2.33. The van der Waals surface area contributed by atoms with E-state index < -0.39 is 11.7 Å². The lowest BCUT2D eigenvalue weighted by Crippen LogP contribution is -2.28. The summed E-state index contributed by atoms with van der Waals surface area (Å²) in [6.07, 6.45) is -0.300. The molecule has 9 nitrogen and oxygen atoms in total. The molecule has 0 aromatic carbocycles. The summed E-state index contributed by atoms with van der Waals surface area (Å²) in [5.74, 6) is 0.623. The van der Waals surface area contributed by atoms with Gasteiger partial charge < -0.3 is 4.74 Å². The second-order valence-electron chi connectivity index (χ2n) is 6.50. The summed E-state index contributed by atoms with van der Waals surface area (Å²) in [6.45, 7) is 6.00. The maximum atomic E-state index is 12.1. The summed E-state index contributed by atoms with van der Waals surface area (Å²) in [4.78, 5) is 32.4. The number of carbonyl (C=O) groups excluding carboxylic acids is 2. The number of azide groups is 1. The van der Waals surface area contributed by atoms with Crippen molar-refractivity contribution in [3.63, 3.8) is 0 Å². The van der Waals surface area contributed by atoms with Crippen LogP contribution in [0.3, 0.4) is 0 Å². The number of rotatable bonds is 4. The first-order chi connectivity index (χ1) is 11.3. The largest absolute Gasteiger partial charge is 0.444 e. The number of amides is 2. The molecule has 0 saturated carbocycles. The zero-order valence-corrected chi connectivity index (χ0v) is 13.9. The third-order valence-corrected chi connectivity index (χ3v) is 3.25. The second-order valence-corrected chi connectivity index (χ2v) is 6.50. The predicted molar refractivity (Wildman–Crippen MR) is 88.6 cm³/mol. The van der Waals surface area contributed by atoms with Gasteiger partial charge in [-0.05, 0) is 44.4 Å². The minimum Gasteiger partial charge on any atom is -0.444 e. The van der Waals surface area contributed by atoms with Crippen LogP contribution in [0.5, 0.6) is 0 Å². The zero-order chi connectivity index (χ0) is 17.7. The molecule has 0 bridgehead atoms. The number of ether oxygens (including phenoxy) is 1. The summed E-state index contributed by atoms with van der Waals surface area (Å²) < 4.78 is 5.17. The van der Waals surface area contributed by atoms with Crippen LogP contribution >= 0.6 is 0 Å². The Morgan fingerprint density at radius 2 is 2.29 bits per heavy atom. The molecule has 1 saturated heterocycles. The van der Waals surface area contributed by atoms with E-state index in [2.05, 4.69) is 20.3 Å². The van der Waals surface area contributed by atoms with E-state index in [0.717, 1.165) is 0 Å². The Balaban J connectivity index is 2.06. The second kappa shape index (κ2) is 7.18. The monoisotopic (exact) mass is 332 g/mol. The van der Waals surface area contributed by atoms with E-state index >= 15 is 0 Å². The summed E-state index contributed by atoms with van der Waals surface area (Å²) in [5, 5.41) is 6.06. The number of nitrogens with one attached hydrogen (secondary N) is 1. The van der Waals surface area contributed by atoms with Crippen molar-refractivity contribution < 1.29 is 14.3 Å². The number of anilines is 2. The van der Waals surface area contributed by atoms with Crippen LogP contribution in [0.2, 0.25) is 0 Å². The van der Waals surface area contributed by atoms with Gasteiger partial charge in [0.25, 0.3) is 0 Å². The predicted octanol–water partition coefficient (Wildman–Crippen LogP) is 3.09. The highest BCUT2D eigenvalue weighted by Crippen LogP contribution is 2.25. The van der Waals surface area contributed by atoms with E-state index in [1.54, 1.807) is 39.0 Å². The van der Waals surface area contributed by atoms with Crippen molar-refractivity contribution in [1.82, 2.24) is 4.98 Å². The third kappa shape index (κ3) is 4.85. The van der Waals surface area contributed by atoms with Crippen molar-refractivity contribution in [2.75, 3.05) is 23.3 Å². The summed E-state index contributed by atoms with van der Waals surface area (Å²) in [5.41, 5.74) is 7.76. The minimum absolute atomic E-state index is 0.0299. The first-order valence-corrected chi connectivity index (χ1v) is 7.57. The van der Waals surface area contributed by atoms with E-state index in [0.29, 0.717) is 24.6 Å². The third-order valence-electron chi connectivity index (χ3n) is 3.25. The van der Waals surface area contributed by atoms with Crippen molar-refractivity contribution in [2.24, 2.45) is 11.0 Å². The van der Waals surface area contributed by atoms with Crippen LogP contribution in [0, 0.1) is 5.92 Å². The molecule has 1 aromatic rings. The first-order valence-electron chi connectivity index (χ1n) is 7.57. The normalized spacial score (nSPS) is 17.4. The summed E-state index contributed by atoms with van der Waals surface area (Å²) in [6, 6.07) is 5.00. The maximum Gasteiger partial charge on any atom is 0.413 e. The number of aromatic nitrogens is 1. The molecule has 0 radical (unpaired) electrons. The Hall–Kier alpha value is -2.80. The van der Waals surface area contributed by atoms with Crippen LogP contribution in [0.25, 0.3) is 10.4 Å². The molecule has 2 amide bonds. The van der Waals surface area contributed by atoms with E-state index in [1.165, 1.54) is 4.90 Å². The van der Waals surface area contributed by atoms with Gasteiger partial charge in [0.2, 0.25) is 5.91 Å². The standard InChI is InChI=1S/C15H20N6O3/c1-15(2,3)24-14(23)19-11-5-4-6-12(18-11)21-9-10(7-13(21)22)8-17-20-16/h4-6,10H,7-9H2,1-3H3,(H,18,19,23). The SMILES string of the molecule is CC(C)(C)OC(=O)Nc1cccc(N2CC(CN=[N+]=[N-])CC2=O)n1. The fourth-order valence-corrected chi connectivity index (χ4v) is 2.33. The smallest absolute Gasteiger partial charge is 0.413 e. The van der Waals surface area contributed by atoms with Crippen molar-refractivity contribution in [3.8, 4) is 0 Å². The molecule has 1 N–H and O–H groups in total. The maximum absolute atomic E-state index is 12.1. The highest BCUT2D eigenvalue weighted by molar-refractivity contribution is 5.95. The Kier molecular flexibility index (Phi) is 5.25. The van der Waals surface area contributed by atoms with Gasteiger partial charge in [-0.15, -0.1) is 0 Å². The molecule has 1 unspecified atom stereocenters. The number of nitrogens with zero attached hydrogens (tertiary/aromatic N) is 5. The average molecular weight is 332 g/mol.